The van der Waals surface area contributed by atoms with Crippen LogP contribution in [0.25, 0.3) is 0 Å². The summed E-state index contributed by atoms with van der Waals surface area (Å²) in [4.78, 5) is 6.18. The van der Waals surface area contributed by atoms with Gasteiger partial charge in [0.05, 0.1) is 5.69 Å². The van der Waals surface area contributed by atoms with Crippen molar-refractivity contribution < 1.29 is 4.74 Å². The molecule has 96 valence electrons. The smallest absolute Gasteiger partial charge is 0.122 e. The molecule has 17 heavy (non-hydrogen) atoms. The lowest BCUT2D eigenvalue weighted by Gasteiger charge is -2.07. The van der Waals surface area contributed by atoms with E-state index >= 15 is 0 Å². The Hall–Kier alpha value is -0.450. The van der Waals surface area contributed by atoms with E-state index in [1.54, 1.807) is 18.4 Å². The molecule has 1 fully saturated rings. The van der Waals surface area contributed by atoms with Crippen LogP contribution in [0.2, 0.25) is 0 Å². The first-order valence-corrected chi connectivity index (χ1v) is 7.19. The Kier molecular flexibility index (Phi) is 4.17. The van der Waals surface area contributed by atoms with E-state index in [0.717, 1.165) is 11.6 Å². The molecule has 3 nitrogen and oxygen atoms in total. The summed E-state index contributed by atoms with van der Waals surface area (Å²) in [7, 11) is 1.74. The molecule has 0 saturated heterocycles. The highest BCUT2D eigenvalue weighted by Gasteiger charge is 2.30. The number of ether oxygens (including phenoxy) is 1. The van der Waals surface area contributed by atoms with E-state index in [1.807, 2.05) is 0 Å². The number of thiazole rings is 1. The molecule has 4 heteroatoms. The Morgan fingerprint density at radius 2 is 2.12 bits per heavy atom. The fraction of sp³-hybridized carbons (Fsp3) is 0.769. The Bertz CT molecular complexity index is 371. The summed E-state index contributed by atoms with van der Waals surface area (Å²) in [5.74, 6) is 0.716. The van der Waals surface area contributed by atoms with E-state index in [1.165, 1.54) is 23.4 Å². The lowest BCUT2D eigenvalue weighted by molar-refractivity contribution is 0.119. The molecular weight excluding hydrogens is 232 g/mol. The second kappa shape index (κ2) is 5.46. The van der Waals surface area contributed by atoms with E-state index in [2.05, 4.69) is 26.1 Å². The van der Waals surface area contributed by atoms with Crippen LogP contribution < -0.4 is 5.32 Å². The van der Waals surface area contributed by atoms with Gasteiger partial charge in [0, 0.05) is 30.5 Å². The SMILES string of the molecule is COC(C)c1nc(C2CC2)c(CNC(C)C)s1. The minimum absolute atomic E-state index is 0.116. The number of hydrogen-bond donors (Lipinski definition) is 1. The van der Waals surface area contributed by atoms with Gasteiger partial charge in [-0.2, -0.15) is 0 Å². The van der Waals surface area contributed by atoms with Gasteiger partial charge in [-0.05, 0) is 19.8 Å². The number of nitrogens with one attached hydrogen (secondary N) is 1. The molecule has 1 N–H and O–H groups in total. The number of aromatic nitrogens is 1. The molecule has 0 spiro atoms. The molecule has 1 aliphatic carbocycles. The predicted octanol–water partition coefficient (Wildman–Crippen LogP) is 3.23. The summed E-state index contributed by atoms with van der Waals surface area (Å²) >= 11 is 1.80. The summed E-state index contributed by atoms with van der Waals surface area (Å²) in [5, 5.41) is 4.61. The number of rotatable bonds is 6. The van der Waals surface area contributed by atoms with Crippen molar-refractivity contribution in [3.05, 3.63) is 15.6 Å². The average Bonchev–Trinajstić information content (AvgIpc) is 3.06. The maximum Gasteiger partial charge on any atom is 0.122 e. The molecule has 1 heterocycles. The zero-order chi connectivity index (χ0) is 12.4. The highest BCUT2D eigenvalue weighted by atomic mass is 32.1. The van der Waals surface area contributed by atoms with Gasteiger partial charge in [-0.15, -0.1) is 11.3 Å². The Morgan fingerprint density at radius 3 is 2.65 bits per heavy atom. The van der Waals surface area contributed by atoms with Gasteiger partial charge in [-0.25, -0.2) is 4.98 Å². The van der Waals surface area contributed by atoms with Gasteiger partial charge in [0.2, 0.25) is 0 Å². The molecule has 1 unspecified atom stereocenters. The third-order valence-electron chi connectivity index (χ3n) is 3.08. The Morgan fingerprint density at radius 1 is 1.41 bits per heavy atom. The van der Waals surface area contributed by atoms with Gasteiger partial charge in [0.25, 0.3) is 0 Å². The van der Waals surface area contributed by atoms with Crippen LogP contribution in [0.5, 0.6) is 0 Å². The predicted molar refractivity (Wildman–Crippen MR) is 71.5 cm³/mol. The molecule has 2 rings (SSSR count). The lowest BCUT2D eigenvalue weighted by atomic mass is 10.2. The van der Waals surface area contributed by atoms with Crippen molar-refractivity contribution in [1.82, 2.24) is 10.3 Å². The van der Waals surface area contributed by atoms with Gasteiger partial charge in [-0.1, -0.05) is 13.8 Å². The first-order valence-electron chi connectivity index (χ1n) is 6.37. The second-order valence-corrected chi connectivity index (χ2v) is 6.16. The van der Waals surface area contributed by atoms with Crippen molar-refractivity contribution in [2.75, 3.05) is 7.11 Å². The van der Waals surface area contributed by atoms with Crippen LogP contribution in [0.4, 0.5) is 0 Å². The fourth-order valence-corrected chi connectivity index (χ4v) is 2.89. The molecule has 1 atom stereocenters. The number of hydrogen-bond acceptors (Lipinski definition) is 4. The molecule has 1 aromatic heterocycles. The van der Waals surface area contributed by atoms with E-state index in [9.17, 15) is 0 Å². The lowest BCUT2D eigenvalue weighted by Crippen LogP contribution is -2.21. The number of nitrogens with zero attached hydrogens (tertiary/aromatic N) is 1. The van der Waals surface area contributed by atoms with Crippen molar-refractivity contribution in [1.29, 1.82) is 0 Å². The van der Waals surface area contributed by atoms with Gasteiger partial charge in [-0.3, -0.25) is 0 Å². The number of methoxy groups -OCH3 is 1. The maximum atomic E-state index is 5.36. The first-order chi connectivity index (χ1) is 8.11. The van der Waals surface area contributed by atoms with Crippen molar-refractivity contribution in [3.63, 3.8) is 0 Å². The molecule has 1 aromatic rings. The summed E-state index contributed by atoms with van der Waals surface area (Å²) in [6.07, 6.45) is 2.73. The van der Waals surface area contributed by atoms with Gasteiger partial charge in [0.15, 0.2) is 0 Å². The third-order valence-corrected chi connectivity index (χ3v) is 4.31. The van der Waals surface area contributed by atoms with Crippen molar-refractivity contribution in [2.24, 2.45) is 0 Å². The largest absolute Gasteiger partial charge is 0.375 e. The average molecular weight is 254 g/mol. The Labute approximate surface area is 108 Å². The quantitative estimate of drug-likeness (QED) is 0.846. The molecule has 0 bridgehead atoms. The minimum atomic E-state index is 0.116. The van der Waals surface area contributed by atoms with Crippen LogP contribution in [-0.4, -0.2) is 18.1 Å². The second-order valence-electron chi connectivity index (χ2n) is 5.05. The van der Waals surface area contributed by atoms with Crippen LogP contribution in [0.3, 0.4) is 0 Å². The highest BCUT2D eigenvalue weighted by molar-refractivity contribution is 7.11. The zero-order valence-corrected chi connectivity index (χ0v) is 11.9. The molecule has 0 amide bonds. The normalized spacial score (nSPS) is 17.7. The molecule has 1 aliphatic rings. The van der Waals surface area contributed by atoms with Crippen molar-refractivity contribution >= 4 is 11.3 Å². The monoisotopic (exact) mass is 254 g/mol. The van der Waals surface area contributed by atoms with Crippen LogP contribution in [0, 0.1) is 0 Å². The minimum Gasteiger partial charge on any atom is -0.375 e. The van der Waals surface area contributed by atoms with Crippen LogP contribution in [0.1, 0.15) is 61.2 Å². The molecule has 0 aliphatic heterocycles. The van der Waals surface area contributed by atoms with Crippen molar-refractivity contribution in [2.45, 2.75) is 58.2 Å². The van der Waals surface area contributed by atoms with Gasteiger partial charge < -0.3 is 10.1 Å². The standard InChI is InChI=1S/C13H22N2OS/c1-8(2)14-7-11-12(10-5-6-10)15-13(17-11)9(3)16-4/h8-10,14H,5-7H2,1-4H3. The van der Waals surface area contributed by atoms with E-state index in [-0.39, 0.29) is 6.10 Å². The fourth-order valence-electron chi connectivity index (χ4n) is 1.76. The topological polar surface area (TPSA) is 34.1 Å². The van der Waals surface area contributed by atoms with E-state index < -0.39 is 0 Å². The molecule has 1 saturated carbocycles. The van der Waals surface area contributed by atoms with Gasteiger partial charge >= 0.3 is 0 Å². The van der Waals surface area contributed by atoms with E-state index in [0.29, 0.717) is 12.0 Å². The summed E-state index contributed by atoms with van der Waals surface area (Å²) in [6.45, 7) is 7.36. The van der Waals surface area contributed by atoms with Crippen molar-refractivity contribution in [3.8, 4) is 0 Å². The molecule has 0 aromatic carbocycles. The molecular formula is C13H22N2OS. The third kappa shape index (κ3) is 3.27. The van der Waals surface area contributed by atoms with Crippen LogP contribution in [0.15, 0.2) is 0 Å². The first kappa shape index (κ1) is 13.0. The summed E-state index contributed by atoms with van der Waals surface area (Å²) in [5.41, 5.74) is 1.32. The van der Waals surface area contributed by atoms with Crippen LogP contribution in [-0.2, 0) is 11.3 Å². The maximum absolute atomic E-state index is 5.36. The molecule has 0 radical (unpaired) electrons. The summed E-state index contributed by atoms with van der Waals surface area (Å²) in [6, 6.07) is 0.521. The Balaban J connectivity index is 2.13. The van der Waals surface area contributed by atoms with E-state index in [4.69, 9.17) is 9.72 Å². The highest BCUT2D eigenvalue weighted by Crippen LogP contribution is 2.43. The summed E-state index contributed by atoms with van der Waals surface area (Å²) < 4.78 is 5.36. The van der Waals surface area contributed by atoms with Gasteiger partial charge in [0.1, 0.15) is 11.1 Å². The van der Waals surface area contributed by atoms with Crippen LogP contribution >= 0.6 is 11.3 Å². The zero-order valence-electron chi connectivity index (χ0n) is 11.1.